The molecule has 1 heterocycles. The van der Waals surface area contributed by atoms with E-state index in [4.69, 9.17) is 22.1 Å². The highest BCUT2D eigenvalue weighted by Gasteiger charge is 2.32. The van der Waals surface area contributed by atoms with Crippen LogP contribution < -0.4 is 11.1 Å². The summed E-state index contributed by atoms with van der Waals surface area (Å²) < 4.78 is 21.1. The molecule has 1 aliphatic carbocycles. The lowest BCUT2D eigenvalue weighted by Crippen LogP contribution is -2.36. The average molecular weight is 368 g/mol. The SMILES string of the molecule is COCCn1c(CNCc2c(F)cccc2Cl)nnc1C1CC(N)C1. The number of ether oxygens (including phenoxy) is 1. The van der Waals surface area contributed by atoms with Crippen LogP contribution in [0.25, 0.3) is 0 Å². The highest BCUT2D eigenvalue weighted by Crippen LogP contribution is 2.34. The first kappa shape index (κ1) is 18.3. The Morgan fingerprint density at radius 2 is 2.16 bits per heavy atom. The number of benzene rings is 1. The van der Waals surface area contributed by atoms with Crippen LogP contribution in [0.5, 0.6) is 0 Å². The van der Waals surface area contributed by atoms with E-state index in [-0.39, 0.29) is 11.9 Å². The van der Waals surface area contributed by atoms with Crippen molar-refractivity contribution in [3.05, 3.63) is 46.3 Å². The van der Waals surface area contributed by atoms with Crippen LogP contribution in [0.1, 0.15) is 36.0 Å². The summed E-state index contributed by atoms with van der Waals surface area (Å²) in [7, 11) is 1.67. The molecule has 1 saturated carbocycles. The van der Waals surface area contributed by atoms with Gasteiger partial charge in [0.2, 0.25) is 0 Å². The number of halogens is 2. The molecule has 0 radical (unpaired) electrons. The van der Waals surface area contributed by atoms with Crippen LogP contribution in [0.15, 0.2) is 18.2 Å². The normalized spacial score (nSPS) is 19.8. The number of hydrogen-bond acceptors (Lipinski definition) is 5. The fourth-order valence-corrected chi connectivity index (χ4v) is 3.31. The third-order valence-corrected chi connectivity index (χ3v) is 4.92. The van der Waals surface area contributed by atoms with Crippen LogP contribution in [-0.2, 0) is 24.4 Å². The molecule has 136 valence electrons. The summed E-state index contributed by atoms with van der Waals surface area (Å²) in [5.41, 5.74) is 6.35. The van der Waals surface area contributed by atoms with Crippen molar-refractivity contribution in [1.29, 1.82) is 0 Å². The van der Waals surface area contributed by atoms with Gasteiger partial charge in [-0.25, -0.2) is 4.39 Å². The van der Waals surface area contributed by atoms with Crippen molar-refractivity contribution in [3.63, 3.8) is 0 Å². The zero-order valence-electron chi connectivity index (χ0n) is 14.2. The third-order valence-electron chi connectivity index (χ3n) is 4.56. The van der Waals surface area contributed by atoms with E-state index < -0.39 is 0 Å². The van der Waals surface area contributed by atoms with Crippen LogP contribution in [0.4, 0.5) is 4.39 Å². The van der Waals surface area contributed by atoms with Crippen molar-refractivity contribution < 1.29 is 9.13 Å². The second-order valence-corrected chi connectivity index (χ2v) is 6.76. The number of rotatable bonds is 8. The highest BCUT2D eigenvalue weighted by atomic mass is 35.5. The number of methoxy groups -OCH3 is 1. The molecule has 6 nitrogen and oxygen atoms in total. The van der Waals surface area contributed by atoms with Crippen LogP contribution in [0, 0.1) is 5.82 Å². The minimum atomic E-state index is -0.315. The van der Waals surface area contributed by atoms with E-state index in [0.717, 1.165) is 24.5 Å². The third kappa shape index (κ3) is 4.17. The summed E-state index contributed by atoms with van der Waals surface area (Å²) in [6, 6.07) is 4.93. The number of nitrogens with one attached hydrogen (secondary N) is 1. The van der Waals surface area contributed by atoms with Gasteiger partial charge in [0, 0.05) is 42.7 Å². The lowest BCUT2D eigenvalue weighted by molar-refractivity contribution is 0.183. The molecule has 25 heavy (non-hydrogen) atoms. The molecule has 0 saturated heterocycles. The van der Waals surface area contributed by atoms with Crippen LogP contribution >= 0.6 is 11.6 Å². The molecule has 1 aliphatic rings. The minimum Gasteiger partial charge on any atom is -0.383 e. The zero-order chi connectivity index (χ0) is 17.8. The van der Waals surface area contributed by atoms with Crippen molar-refractivity contribution in [2.24, 2.45) is 5.73 Å². The Labute approximate surface area is 151 Å². The van der Waals surface area contributed by atoms with Crippen LogP contribution in [-0.4, -0.2) is 34.5 Å². The topological polar surface area (TPSA) is 78.0 Å². The van der Waals surface area contributed by atoms with Crippen molar-refractivity contribution in [1.82, 2.24) is 20.1 Å². The monoisotopic (exact) mass is 367 g/mol. The van der Waals surface area contributed by atoms with Crippen molar-refractivity contribution in [2.45, 2.75) is 44.4 Å². The standard InChI is InChI=1S/C17H23ClFN5O/c1-25-6-5-24-16(22-23-17(24)11-7-12(20)8-11)10-21-9-13-14(18)3-2-4-15(13)19/h2-4,11-12,21H,5-10,20H2,1H3. The summed E-state index contributed by atoms with van der Waals surface area (Å²) in [6.07, 6.45) is 1.87. The average Bonchev–Trinajstić information content (AvgIpc) is 2.95. The van der Waals surface area contributed by atoms with Crippen LogP contribution in [0.2, 0.25) is 5.02 Å². The Kier molecular flexibility index (Phi) is 6.01. The van der Waals surface area contributed by atoms with Crippen molar-refractivity contribution >= 4 is 11.6 Å². The molecule has 3 rings (SSSR count). The van der Waals surface area contributed by atoms with E-state index in [0.29, 0.717) is 42.7 Å². The van der Waals surface area contributed by atoms with E-state index in [2.05, 4.69) is 20.1 Å². The predicted octanol–water partition coefficient (Wildman–Crippen LogP) is 2.21. The largest absolute Gasteiger partial charge is 0.383 e. The highest BCUT2D eigenvalue weighted by molar-refractivity contribution is 6.31. The molecular weight excluding hydrogens is 345 g/mol. The van der Waals surface area contributed by atoms with E-state index in [1.165, 1.54) is 6.07 Å². The summed E-state index contributed by atoms with van der Waals surface area (Å²) in [5.74, 6) is 1.80. The first-order valence-electron chi connectivity index (χ1n) is 8.40. The Balaban J connectivity index is 1.67. The second-order valence-electron chi connectivity index (χ2n) is 6.35. The molecule has 0 spiro atoms. The molecule has 0 amide bonds. The summed E-state index contributed by atoms with van der Waals surface area (Å²) >= 11 is 6.06. The summed E-state index contributed by atoms with van der Waals surface area (Å²) in [6.45, 7) is 2.06. The molecular formula is C17H23ClFN5O. The van der Waals surface area contributed by atoms with Gasteiger partial charge in [0.15, 0.2) is 0 Å². The molecule has 1 aromatic carbocycles. The van der Waals surface area contributed by atoms with Gasteiger partial charge in [-0.1, -0.05) is 17.7 Å². The fraction of sp³-hybridized carbons (Fsp3) is 0.529. The maximum Gasteiger partial charge on any atom is 0.147 e. The van der Waals surface area contributed by atoms with Gasteiger partial charge in [0.1, 0.15) is 17.5 Å². The lowest BCUT2D eigenvalue weighted by Gasteiger charge is -2.31. The Morgan fingerprint density at radius 3 is 2.84 bits per heavy atom. The smallest absolute Gasteiger partial charge is 0.147 e. The molecule has 0 aliphatic heterocycles. The number of nitrogens with zero attached hydrogens (tertiary/aromatic N) is 3. The maximum absolute atomic E-state index is 13.8. The Bertz CT molecular complexity index is 697. The predicted molar refractivity (Wildman–Crippen MR) is 93.8 cm³/mol. The summed E-state index contributed by atoms with van der Waals surface area (Å²) in [5, 5.41) is 12.3. The van der Waals surface area contributed by atoms with Gasteiger partial charge in [-0.15, -0.1) is 10.2 Å². The van der Waals surface area contributed by atoms with E-state index in [9.17, 15) is 4.39 Å². The molecule has 0 atom stereocenters. The van der Waals surface area contributed by atoms with Crippen molar-refractivity contribution in [3.8, 4) is 0 Å². The first-order chi connectivity index (χ1) is 12.1. The Morgan fingerprint density at radius 1 is 1.36 bits per heavy atom. The number of hydrogen-bond donors (Lipinski definition) is 2. The fourth-order valence-electron chi connectivity index (χ4n) is 3.08. The second kappa shape index (κ2) is 8.23. The molecule has 0 bridgehead atoms. The van der Waals surface area contributed by atoms with Gasteiger partial charge in [-0.2, -0.15) is 0 Å². The Hall–Kier alpha value is -1.54. The first-order valence-corrected chi connectivity index (χ1v) is 8.78. The molecule has 3 N–H and O–H groups in total. The quantitative estimate of drug-likeness (QED) is 0.748. The van der Waals surface area contributed by atoms with Gasteiger partial charge in [0.05, 0.1) is 13.2 Å². The van der Waals surface area contributed by atoms with E-state index in [1.54, 1.807) is 19.2 Å². The van der Waals surface area contributed by atoms with Gasteiger partial charge in [-0.3, -0.25) is 0 Å². The molecule has 8 heteroatoms. The molecule has 0 unspecified atom stereocenters. The summed E-state index contributed by atoms with van der Waals surface area (Å²) in [4.78, 5) is 0. The molecule has 1 fully saturated rings. The number of nitrogens with two attached hydrogens (primary N) is 1. The van der Waals surface area contributed by atoms with E-state index in [1.807, 2.05) is 0 Å². The van der Waals surface area contributed by atoms with E-state index >= 15 is 0 Å². The van der Waals surface area contributed by atoms with Gasteiger partial charge in [0.25, 0.3) is 0 Å². The van der Waals surface area contributed by atoms with Gasteiger partial charge < -0.3 is 20.4 Å². The minimum absolute atomic E-state index is 0.252. The maximum atomic E-state index is 13.8. The molecule has 1 aromatic heterocycles. The zero-order valence-corrected chi connectivity index (χ0v) is 15.0. The van der Waals surface area contributed by atoms with Gasteiger partial charge >= 0.3 is 0 Å². The molecule has 2 aromatic rings. The van der Waals surface area contributed by atoms with Crippen molar-refractivity contribution in [2.75, 3.05) is 13.7 Å². The number of aromatic nitrogens is 3. The lowest BCUT2D eigenvalue weighted by atomic mass is 9.80. The van der Waals surface area contributed by atoms with Gasteiger partial charge in [-0.05, 0) is 25.0 Å². The van der Waals surface area contributed by atoms with Crippen LogP contribution in [0.3, 0.4) is 0 Å².